The van der Waals surface area contributed by atoms with Crippen LogP contribution in [-0.4, -0.2) is 43.3 Å². The van der Waals surface area contributed by atoms with Crippen LogP contribution in [0.2, 0.25) is 0 Å². The molecule has 4 heteroatoms. The first-order valence-corrected chi connectivity index (χ1v) is 8.33. The summed E-state index contributed by atoms with van der Waals surface area (Å²) < 4.78 is 5.45. The lowest BCUT2D eigenvalue weighted by Gasteiger charge is -2.37. The molecule has 0 spiro atoms. The highest BCUT2D eigenvalue weighted by atomic mass is 16.6. The topological polar surface area (TPSA) is 41.6 Å². The quantitative estimate of drug-likeness (QED) is 0.741. The number of unbranched alkanes of at least 4 members (excludes halogenated alkanes) is 2. The predicted octanol–water partition coefficient (Wildman–Crippen LogP) is 3.56. The summed E-state index contributed by atoms with van der Waals surface area (Å²) in [6.07, 6.45) is 9.26. The van der Waals surface area contributed by atoms with Crippen molar-refractivity contribution in [3.8, 4) is 0 Å². The van der Waals surface area contributed by atoms with Gasteiger partial charge in [-0.15, -0.1) is 0 Å². The summed E-state index contributed by atoms with van der Waals surface area (Å²) in [6.45, 7) is 6.87. The molecule has 1 saturated carbocycles. The summed E-state index contributed by atoms with van der Waals surface area (Å²) in [7, 11) is 1.62. The van der Waals surface area contributed by atoms with Crippen LogP contribution in [0.25, 0.3) is 0 Å². The molecule has 118 valence electrons. The van der Waals surface area contributed by atoms with Gasteiger partial charge in [-0.25, -0.2) is 4.79 Å². The average molecular weight is 284 g/mol. The summed E-state index contributed by atoms with van der Waals surface area (Å²) >= 11 is 0. The second-order valence-electron chi connectivity index (χ2n) is 5.84. The van der Waals surface area contributed by atoms with Gasteiger partial charge in [0.05, 0.1) is 0 Å². The van der Waals surface area contributed by atoms with Crippen molar-refractivity contribution in [1.82, 2.24) is 10.2 Å². The van der Waals surface area contributed by atoms with E-state index in [4.69, 9.17) is 4.74 Å². The molecule has 0 bridgehead atoms. The fraction of sp³-hybridized carbons (Fsp3) is 0.938. The van der Waals surface area contributed by atoms with Crippen LogP contribution in [0.1, 0.15) is 65.2 Å². The van der Waals surface area contributed by atoms with Crippen LogP contribution in [0.15, 0.2) is 0 Å². The number of hydrogen-bond acceptors (Lipinski definition) is 3. The number of ether oxygens (including phenoxy) is 1. The molecule has 4 nitrogen and oxygen atoms in total. The van der Waals surface area contributed by atoms with E-state index in [9.17, 15) is 4.79 Å². The molecule has 0 aromatic carbocycles. The Labute approximate surface area is 124 Å². The summed E-state index contributed by atoms with van der Waals surface area (Å²) in [6, 6.07) is 0.594. The summed E-state index contributed by atoms with van der Waals surface area (Å²) in [5.74, 6) is 0. The molecular formula is C16H32N2O2. The molecule has 0 aromatic heterocycles. The monoisotopic (exact) mass is 284 g/mol. The summed E-state index contributed by atoms with van der Waals surface area (Å²) in [5, 5.41) is 2.55. The number of nitrogens with zero attached hydrogens (tertiary/aromatic N) is 1. The number of carbonyl (C=O) groups excluding carboxylic acids is 1. The Morgan fingerprint density at radius 3 is 2.40 bits per heavy atom. The molecule has 1 fully saturated rings. The maximum Gasteiger partial charge on any atom is 0.407 e. The molecule has 20 heavy (non-hydrogen) atoms. The molecule has 1 amide bonds. The van der Waals surface area contributed by atoms with Crippen molar-refractivity contribution in [2.45, 2.75) is 77.4 Å². The Morgan fingerprint density at radius 2 is 1.85 bits per heavy atom. The first kappa shape index (κ1) is 17.3. The van der Waals surface area contributed by atoms with E-state index < -0.39 is 0 Å². The highest BCUT2D eigenvalue weighted by Gasteiger charge is 2.28. The Hall–Kier alpha value is -0.770. The second kappa shape index (κ2) is 10.0. The van der Waals surface area contributed by atoms with E-state index >= 15 is 0 Å². The average Bonchev–Trinajstić information content (AvgIpc) is 2.47. The molecule has 1 rings (SSSR count). The lowest BCUT2D eigenvalue weighted by Crippen LogP contribution is -2.42. The molecule has 0 saturated heterocycles. The van der Waals surface area contributed by atoms with Crippen molar-refractivity contribution in [3.05, 3.63) is 0 Å². The van der Waals surface area contributed by atoms with Gasteiger partial charge in [0, 0.05) is 19.5 Å². The third kappa shape index (κ3) is 6.12. The van der Waals surface area contributed by atoms with Gasteiger partial charge in [0.15, 0.2) is 0 Å². The zero-order chi connectivity index (χ0) is 14.8. The predicted molar refractivity (Wildman–Crippen MR) is 83.0 cm³/mol. The largest absolute Gasteiger partial charge is 0.446 e. The maximum atomic E-state index is 11.4. The van der Waals surface area contributed by atoms with E-state index in [0.29, 0.717) is 6.04 Å². The Morgan fingerprint density at radius 1 is 1.20 bits per heavy atom. The number of rotatable bonds is 8. The molecule has 0 radical (unpaired) electrons. The van der Waals surface area contributed by atoms with Crippen molar-refractivity contribution in [1.29, 1.82) is 0 Å². The number of alkyl carbamates (subject to hydrolysis) is 1. The van der Waals surface area contributed by atoms with Crippen molar-refractivity contribution in [3.63, 3.8) is 0 Å². The number of carbonyl (C=O) groups is 1. The number of amides is 1. The number of hydrogen-bond donors (Lipinski definition) is 1. The van der Waals surface area contributed by atoms with Crippen LogP contribution in [0.5, 0.6) is 0 Å². The van der Waals surface area contributed by atoms with Gasteiger partial charge in [-0.1, -0.05) is 26.7 Å². The number of nitrogens with one attached hydrogen (secondary N) is 1. The first-order valence-electron chi connectivity index (χ1n) is 8.33. The van der Waals surface area contributed by atoms with Crippen molar-refractivity contribution in [2.75, 3.05) is 20.1 Å². The summed E-state index contributed by atoms with van der Waals surface area (Å²) in [4.78, 5) is 14.0. The normalized spacial score (nSPS) is 22.8. The molecule has 1 aliphatic rings. The molecule has 1 aliphatic carbocycles. The van der Waals surface area contributed by atoms with Crippen LogP contribution in [0, 0.1) is 0 Å². The minimum Gasteiger partial charge on any atom is -0.446 e. The van der Waals surface area contributed by atoms with Gasteiger partial charge in [0.1, 0.15) is 6.10 Å². The molecule has 2 unspecified atom stereocenters. The molecule has 0 aromatic rings. The Kier molecular flexibility index (Phi) is 8.67. The van der Waals surface area contributed by atoms with Gasteiger partial charge in [-0.2, -0.15) is 0 Å². The van der Waals surface area contributed by atoms with Gasteiger partial charge in [0.2, 0.25) is 0 Å². The fourth-order valence-electron chi connectivity index (χ4n) is 2.97. The first-order chi connectivity index (χ1) is 9.71. The van der Waals surface area contributed by atoms with Crippen molar-refractivity contribution >= 4 is 6.09 Å². The Balaban J connectivity index is 2.48. The zero-order valence-electron chi connectivity index (χ0n) is 13.5. The molecular weight excluding hydrogens is 252 g/mol. The van der Waals surface area contributed by atoms with Crippen LogP contribution in [0.3, 0.4) is 0 Å². The minimum atomic E-state index is -0.288. The SMILES string of the molecule is CCCCN(CCCC)C1CCCC(OC(=O)NC)C1. The lowest BCUT2D eigenvalue weighted by molar-refractivity contribution is 0.0385. The van der Waals surface area contributed by atoms with Crippen molar-refractivity contribution < 1.29 is 9.53 Å². The van der Waals surface area contributed by atoms with Gasteiger partial charge < -0.3 is 15.0 Å². The minimum absolute atomic E-state index is 0.0967. The van der Waals surface area contributed by atoms with Crippen LogP contribution >= 0.6 is 0 Å². The van der Waals surface area contributed by atoms with E-state index in [-0.39, 0.29) is 12.2 Å². The van der Waals surface area contributed by atoms with Gasteiger partial charge >= 0.3 is 6.09 Å². The molecule has 2 atom stereocenters. The van der Waals surface area contributed by atoms with Gasteiger partial charge in [-0.3, -0.25) is 0 Å². The standard InChI is InChI=1S/C16H32N2O2/c1-4-6-11-18(12-7-5-2)14-9-8-10-15(13-14)20-16(19)17-3/h14-15H,4-13H2,1-3H3,(H,17,19). The van der Waals surface area contributed by atoms with E-state index in [0.717, 1.165) is 12.8 Å². The fourth-order valence-corrected chi connectivity index (χ4v) is 2.97. The van der Waals surface area contributed by atoms with E-state index in [1.807, 2.05) is 0 Å². The van der Waals surface area contributed by atoms with E-state index in [1.54, 1.807) is 7.05 Å². The third-order valence-electron chi connectivity index (χ3n) is 4.19. The molecule has 0 heterocycles. The van der Waals surface area contributed by atoms with Gasteiger partial charge in [-0.05, 0) is 45.2 Å². The third-order valence-corrected chi connectivity index (χ3v) is 4.19. The van der Waals surface area contributed by atoms with E-state index in [1.165, 1.54) is 51.6 Å². The highest BCUT2D eigenvalue weighted by molar-refractivity contribution is 5.66. The van der Waals surface area contributed by atoms with Crippen LogP contribution < -0.4 is 5.32 Å². The van der Waals surface area contributed by atoms with E-state index in [2.05, 4.69) is 24.1 Å². The smallest absolute Gasteiger partial charge is 0.407 e. The van der Waals surface area contributed by atoms with Crippen molar-refractivity contribution in [2.24, 2.45) is 0 Å². The zero-order valence-corrected chi connectivity index (χ0v) is 13.5. The van der Waals surface area contributed by atoms with Crippen LogP contribution in [0.4, 0.5) is 4.79 Å². The molecule has 0 aliphatic heterocycles. The molecule has 1 N–H and O–H groups in total. The second-order valence-corrected chi connectivity index (χ2v) is 5.84. The lowest BCUT2D eigenvalue weighted by atomic mass is 9.91. The highest BCUT2D eigenvalue weighted by Crippen LogP contribution is 2.26. The summed E-state index contributed by atoms with van der Waals surface area (Å²) in [5.41, 5.74) is 0. The van der Waals surface area contributed by atoms with Gasteiger partial charge in [0.25, 0.3) is 0 Å². The Bertz CT molecular complexity index is 263. The maximum absolute atomic E-state index is 11.4. The van der Waals surface area contributed by atoms with Crippen LogP contribution in [-0.2, 0) is 4.74 Å².